The smallest absolute Gasteiger partial charge is 0.192 e. The zero-order chi connectivity index (χ0) is 21.6. The Hall–Kier alpha value is -2.01. The lowest BCUT2D eigenvalue weighted by atomic mass is 9.89. The quantitative estimate of drug-likeness (QED) is 0.258. The van der Waals surface area contributed by atoms with Gasteiger partial charge in [0.25, 0.3) is 0 Å². The van der Waals surface area contributed by atoms with Crippen LogP contribution in [0.15, 0.2) is 24.3 Å². The van der Waals surface area contributed by atoms with E-state index < -0.39 is 29.6 Å². The minimum Gasteiger partial charge on any atom is -0.549 e. The molecule has 29 heavy (non-hydrogen) atoms. The molecule has 1 N–H and O–H groups in total. The van der Waals surface area contributed by atoms with Crippen LogP contribution in [-0.4, -0.2) is 28.7 Å². The number of hydrogen-bond donors (Lipinski definition) is 1. The van der Waals surface area contributed by atoms with Gasteiger partial charge in [0.15, 0.2) is 5.78 Å². The van der Waals surface area contributed by atoms with Crippen molar-refractivity contribution in [3.63, 3.8) is 0 Å². The Morgan fingerprint density at radius 1 is 0.862 bits per heavy atom. The van der Waals surface area contributed by atoms with Crippen LogP contribution in [-0.2, 0) is 16.0 Å². The topological polar surface area (TPSA) is 94.5 Å². The van der Waals surface area contributed by atoms with Gasteiger partial charge in [0.1, 0.15) is 11.9 Å². The van der Waals surface area contributed by atoms with E-state index in [2.05, 4.69) is 6.92 Å². The number of carbonyl (C=O) groups excluding carboxylic acids is 3. The van der Waals surface area contributed by atoms with Gasteiger partial charge < -0.3 is 15.0 Å². The molecule has 0 amide bonds. The first-order valence-electron chi connectivity index (χ1n) is 11.0. The van der Waals surface area contributed by atoms with Gasteiger partial charge in [-0.1, -0.05) is 83.1 Å². The summed E-state index contributed by atoms with van der Waals surface area (Å²) in [6, 6.07) is 6.82. The fourth-order valence-corrected chi connectivity index (χ4v) is 3.46. The van der Waals surface area contributed by atoms with Gasteiger partial charge in [-0.2, -0.15) is 0 Å². The highest BCUT2D eigenvalue weighted by Gasteiger charge is 2.33. The highest BCUT2D eigenvalue weighted by molar-refractivity contribution is 6.08. The third-order valence-corrected chi connectivity index (χ3v) is 5.24. The van der Waals surface area contributed by atoms with Crippen LogP contribution >= 0.6 is 0 Å². The van der Waals surface area contributed by atoms with Gasteiger partial charge in [0, 0.05) is 12.0 Å². The molecule has 162 valence electrons. The molecule has 2 atom stereocenters. The van der Waals surface area contributed by atoms with E-state index in [0.29, 0.717) is 6.42 Å². The van der Waals surface area contributed by atoms with Crippen molar-refractivity contribution in [2.75, 3.05) is 0 Å². The van der Waals surface area contributed by atoms with Gasteiger partial charge >= 0.3 is 0 Å². The van der Waals surface area contributed by atoms with Crippen molar-refractivity contribution in [3.8, 4) is 0 Å². The molecule has 5 nitrogen and oxygen atoms in total. The maximum atomic E-state index is 12.4. The number of aliphatic hydroxyl groups excluding tert-OH is 1. The number of carbonyl (C=O) groups is 3. The molecular formula is C24H35O5-. The van der Waals surface area contributed by atoms with Crippen molar-refractivity contribution < 1.29 is 24.6 Å². The number of hydrogen-bond acceptors (Lipinski definition) is 5. The predicted molar refractivity (Wildman–Crippen MR) is 112 cm³/mol. The lowest BCUT2D eigenvalue weighted by Gasteiger charge is -2.21. The molecule has 0 aliphatic heterocycles. The third-order valence-electron chi connectivity index (χ3n) is 5.24. The van der Waals surface area contributed by atoms with E-state index >= 15 is 0 Å². The monoisotopic (exact) mass is 403 g/mol. The van der Waals surface area contributed by atoms with E-state index in [1.165, 1.54) is 44.9 Å². The molecule has 0 heterocycles. The summed E-state index contributed by atoms with van der Waals surface area (Å²) >= 11 is 0. The zero-order valence-corrected chi connectivity index (χ0v) is 17.8. The maximum absolute atomic E-state index is 12.4. The van der Waals surface area contributed by atoms with Gasteiger partial charge in [0.05, 0.1) is 11.9 Å². The Morgan fingerprint density at radius 2 is 1.41 bits per heavy atom. The van der Waals surface area contributed by atoms with Crippen LogP contribution in [0.4, 0.5) is 0 Å². The summed E-state index contributed by atoms with van der Waals surface area (Å²) in [5, 5.41) is 21.4. The zero-order valence-electron chi connectivity index (χ0n) is 17.8. The third kappa shape index (κ3) is 8.90. The predicted octanol–water partition coefficient (Wildman–Crippen LogP) is 3.65. The molecule has 2 unspecified atom stereocenters. The largest absolute Gasteiger partial charge is 0.549 e. The molecule has 0 aliphatic carbocycles. The molecule has 1 aromatic carbocycles. The number of aliphatic hydroxyl groups is 1. The summed E-state index contributed by atoms with van der Waals surface area (Å²) in [5.74, 6) is -4.97. The molecule has 0 spiro atoms. The van der Waals surface area contributed by atoms with Crippen molar-refractivity contribution in [1.29, 1.82) is 0 Å². The molecule has 0 fully saturated rings. The second-order valence-electron chi connectivity index (χ2n) is 7.74. The lowest BCUT2D eigenvalue weighted by molar-refractivity contribution is -0.311. The fraction of sp³-hybridized carbons (Fsp3) is 0.625. The number of ketones is 2. The number of aryl methyl sites for hydroxylation is 1. The van der Waals surface area contributed by atoms with Crippen LogP contribution in [0.25, 0.3) is 0 Å². The van der Waals surface area contributed by atoms with Crippen molar-refractivity contribution in [2.45, 2.75) is 90.6 Å². The number of carboxylic acids is 1. The molecule has 0 aliphatic rings. The molecule has 1 aromatic rings. The fourth-order valence-electron chi connectivity index (χ4n) is 3.46. The number of aliphatic carboxylic acids is 1. The minimum atomic E-state index is -1.92. The van der Waals surface area contributed by atoms with Crippen molar-refractivity contribution in [3.05, 3.63) is 35.4 Å². The number of unbranched alkanes of at least 4 members (excludes halogenated alkanes) is 7. The molecule has 0 saturated carbocycles. The van der Waals surface area contributed by atoms with Crippen molar-refractivity contribution in [1.82, 2.24) is 0 Å². The number of Topliss-reactive ketones (excluding diaryl/α,β-unsaturated/α-hetero) is 2. The molecule has 5 heteroatoms. The highest BCUT2D eigenvalue weighted by Crippen LogP contribution is 2.17. The standard InChI is InChI=1S/C24H36O5/c1-3-5-6-7-8-9-10-11-13-18-14-16-19(17-15-18)22(26)23(27)21(24(28)29)20(25)12-4-2/h14-17,21,23,27H,3-13H2,1-2H3,(H,28,29)/p-1. The van der Waals surface area contributed by atoms with Crippen molar-refractivity contribution in [2.24, 2.45) is 5.92 Å². The molecule has 0 saturated heterocycles. The van der Waals surface area contributed by atoms with E-state index in [4.69, 9.17) is 0 Å². The van der Waals surface area contributed by atoms with Gasteiger partial charge in [-0.3, -0.25) is 9.59 Å². The van der Waals surface area contributed by atoms with Crippen LogP contribution in [0.1, 0.15) is 94.0 Å². The molecule has 1 rings (SSSR count). The van der Waals surface area contributed by atoms with Gasteiger partial charge in [-0.25, -0.2) is 0 Å². The summed E-state index contributed by atoms with van der Waals surface area (Å²) in [6.07, 6.45) is 9.42. The Kier molecular flexibility index (Phi) is 12.1. The number of benzene rings is 1. The Labute approximate surface area is 174 Å². The van der Waals surface area contributed by atoms with E-state index in [1.807, 2.05) is 12.1 Å². The number of rotatable bonds is 16. The summed E-state index contributed by atoms with van der Waals surface area (Å²) in [7, 11) is 0. The number of carboxylic acid groups (broad SMARTS) is 1. The summed E-state index contributed by atoms with van der Waals surface area (Å²) in [4.78, 5) is 35.6. The highest BCUT2D eigenvalue weighted by atomic mass is 16.4. The first-order chi connectivity index (χ1) is 13.9. The first-order valence-corrected chi connectivity index (χ1v) is 11.0. The van der Waals surface area contributed by atoms with E-state index in [9.17, 15) is 24.6 Å². The van der Waals surface area contributed by atoms with Gasteiger partial charge in [0.2, 0.25) is 0 Å². The Bertz CT molecular complexity index is 635. The first kappa shape index (κ1) is 25.0. The van der Waals surface area contributed by atoms with Gasteiger partial charge in [-0.15, -0.1) is 0 Å². The molecule has 0 radical (unpaired) electrons. The van der Waals surface area contributed by atoms with Crippen LogP contribution in [0, 0.1) is 5.92 Å². The van der Waals surface area contributed by atoms with E-state index in [-0.39, 0.29) is 12.0 Å². The average molecular weight is 404 g/mol. The SMILES string of the molecule is CCCCCCCCCCc1ccc(C(=O)C(O)C(C(=O)[O-])C(=O)CCC)cc1. The van der Waals surface area contributed by atoms with Crippen molar-refractivity contribution >= 4 is 17.5 Å². The second kappa shape index (κ2) is 14.0. The summed E-state index contributed by atoms with van der Waals surface area (Å²) in [6.45, 7) is 3.94. The average Bonchev–Trinajstić information content (AvgIpc) is 2.70. The second-order valence-corrected chi connectivity index (χ2v) is 7.74. The molecular weight excluding hydrogens is 368 g/mol. The van der Waals surface area contributed by atoms with Crippen LogP contribution in [0.5, 0.6) is 0 Å². The minimum absolute atomic E-state index is 0.0134. The Balaban J connectivity index is 2.52. The normalized spacial score (nSPS) is 13.1. The molecule has 0 aromatic heterocycles. The van der Waals surface area contributed by atoms with Crippen LogP contribution in [0.2, 0.25) is 0 Å². The van der Waals surface area contributed by atoms with Crippen LogP contribution < -0.4 is 5.11 Å². The summed E-state index contributed by atoms with van der Waals surface area (Å²) in [5.41, 5.74) is 1.30. The Morgan fingerprint density at radius 3 is 1.93 bits per heavy atom. The van der Waals surface area contributed by atoms with E-state index in [0.717, 1.165) is 18.4 Å². The van der Waals surface area contributed by atoms with E-state index in [1.54, 1.807) is 19.1 Å². The van der Waals surface area contributed by atoms with Crippen LogP contribution in [0.3, 0.4) is 0 Å². The maximum Gasteiger partial charge on any atom is 0.192 e. The lowest BCUT2D eigenvalue weighted by Crippen LogP contribution is -2.46. The molecule has 0 bridgehead atoms. The summed E-state index contributed by atoms with van der Waals surface area (Å²) < 4.78 is 0. The van der Waals surface area contributed by atoms with Gasteiger partial charge in [-0.05, 0) is 24.8 Å².